The minimum absolute atomic E-state index is 0.128. The maximum Gasteiger partial charge on any atom is 0.259 e. The molecule has 0 aromatic heterocycles. The van der Waals surface area contributed by atoms with Crippen molar-refractivity contribution in [2.75, 3.05) is 6.61 Å². The Morgan fingerprint density at radius 3 is 2.91 bits per heavy atom. The highest BCUT2D eigenvalue weighted by Crippen LogP contribution is 2.39. The highest BCUT2D eigenvalue weighted by molar-refractivity contribution is 5.98. The number of hydrogen-bond donors (Lipinski definition) is 1. The maximum absolute atomic E-state index is 12.0. The van der Waals surface area contributed by atoms with Crippen molar-refractivity contribution in [1.29, 1.82) is 5.26 Å². The quantitative estimate of drug-likeness (QED) is 0.905. The third kappa shape index (κ3) is 3.37. The van der Waals surface area contributed by atoms with E-state index in [9.17, 15) is 14.9 Å². The van der Waals surface area contributed by atoms with Crippen LogP contribution in [0, 0.1) is 17.2 Å². The molecule has 3 rings (SSSR count). The zero-order valence-electron chi connectivity index (χ0n) is 13.2. The largest absolute Gasteiger partial charge is 0.484 e. The van der Waals surface area contributed by atoms with Crippen LogP contribution in [0.25, 0.3) is 0 Å². The van der Waals surface area contributed by atoms with Gasteiger partial charge in [-0.05, 0) is 62.3 Å². The number of hydrogen-bond acceptors (Lipinski definition) is 4. The first kappa shape index (κ1) is 15.5. The van der Waals surface area contributed by atoms with Crippen LogP contribution < -0.4 is 10.1 Å². The Morgan fingerprint density at radius 1 is 1.43 bits per heavy atom. The topological polar surface area (TPSA) is 79.2 Å². The first-order valence-corrected chi connectivity index (χ1v) is 8.03. The molecule has 0 aliphatic heterocycles. The molecule has 1 amide bonds. The summed E-state index contributed by atoms with van der Waals surface area (Å²) in [5.74, 6) is 0.699. The van der Waals surface area contributed by atoms with Gasteiger partial charge in [0.1, 0.15) is 11.3 Å². The summed E-state index contributed by atoms with van der Waals surface area (Å²) >= 11 is 0. The van der Waals surface area contributed by atoms with Gasteiger partial charge in [-0.15, -0.1) is 0 Å². The smallest absolute Gasteiger partial charge is 0.259 e. The summed E-state index contributed by atoms with van der Waals surface area (Å²) in [6, 6.07) is 7.52. The molecule has 0 saturated heterocycles. The van der Waals surface area contributed by atoms with Gasteiger partial charge in [-0.3, -0.25) is 9.59 Å². The molecule has 1 atom stereocenters. The summed E-state index contributed by atoms with van der Waals surface area (Å²) in [7, 11) is 0. The number of aryl methyl sites for hydroxylation is 1. The molecule has 120 valence electrons. The zero-order valence-corrected chi connectivity index (χ0v) is 13.2. The van der Waals surface area contributed by atoms with E-state index in [-0.39, 0.29) is 24.2 Å². The van der Waals surface area contributed by atoms with Crippen LogP contribution in [0.3, 0.4) is 0 Å². The molecule has 1 saturated carbocycles. The van der Waals surface area contributed by atoms with Crippen molar-refractivity contribution < 1.29 is 14.3 Å². The molecular formula is C18H20N2O3. The summed E-state index contributed by atoms with van der Waals surface area (Å²) < 4.78 is 5.53. The van der Waals surface area contributed by atoms with Gasteiger partial charge in [-0.2, -0.15) is 5.26 Å². The second-order valence-corrected chi connectivity index (χ2v) is 6.52. The molecule has 0 radical (unpaired) electrons. The third-order valence-corrected chi connectivity index (χ3v) is 4.62. The molecule has 1 fully saturated rings. The van der Waals surface area contributed by atoms with Crippen LogP contribution in [-0.4, -0.2) is 23.8 Å². The van der Waals surface area contributed by atoms with E-state index in [0.29, 0.717) is 12.2 Å². The Bertz CT molecular complexity index is 688. The lowest BCUT2D eigenvalue weighted by Gasteiger charge is -2.23. The van der Waals surface area contributed by atoms with E-state index in [1.54, 1.807) is 19.1 Å². The number of nitrogens with zero attached hydrogens (tertiary/aromatic N) is 1. The molecule has 1 aromatic carbocycles. The van der Waals surface area contributed by atoms with E-state index in [4.69, 9.17) is 4.74 Å². The molecule has 23 heavy (non-hydrogen) atoms. The molecule has 0 heterocycles. The van der Waals surface area contributed by atoms with Crippen molar-refractivity contribution in [2.45, 2.75) is 44.6 Å². The molecule has 0 bridgehead atoms. The first-order valence-electron chi connectivity index (χ1n) is 8.03. The van der Waals surface area contributed by atoms with Crippen molar-refractivity contribution >= 4 is 11.7 Å². The van der Waals surface area contributed by atoms with Crippen molar-refractivity contribution in [3.8, 4) is 11.8 Å². The van der Waals surface area contributed by atoms with Crippen LogP contribution >= 0.6 is 0 Å². The van der Waals surface area contributed by atoms with Crippen LogP contribution in [0.4, 0.5) is 0 Å². The molecule has 5 nitrogen and oxygen atoms in total. The number of rotatable bonds is 5. The highest BCUT2D eigenvalue weighted by atomic mass is 16.5. The van der Waals surface area contributed by atoms with Gasteiger partial charge in [-0.1, -0.05) is 0 Å². The fourth-order valence-electron chi connectivity index (χ4n) is 3.07. The number of ether oxygens (including phenoxy) is 1. The van der Waals surface area contributed by atoms with Gasteiger partial charge in [-0.25, -0.2) is 0 Å². The SMILES string of the molecule is C[C@](C#N)(NC(=O)COc1ccc2c(c1)CCCC2=O)C1CC1. The molecule has 1 N–H and O–H groups in total. The monoisotopic (exact) mass is 312 g/mol. The Balaban J connectivity index is 1.59. The lowest BCUT2D eigenvalue weighted by Crippen LogP contribution is -2.48. The lowest BCUT2D eigenvalue weighted by atomic mass is 9.90. The van der Waals surface area contributed by atoms with Gasteiger partial charge in [0, 0.05) is 12.0 Å². The summed E-state index contributed by atoms with van der Waals surface area (Å²) in [6.45, 7) is 1.63. The first-order chi connectivity index (χ1) is 11.0. The Morgan fingerprint density at radius 2 is 2.22 bits per heavy atom. The van der Waals surface area contributed by atoms with Crippen molar-refractivity contribution in [2.24, 2.45) is 5.92 Å². The molecule has 1 aromatic rings. The number of ketones is 1. The second-order valence-electron chi connectivity index (χ2n) is 6.52. The average Bonchev–Trinajstić information content (AvgIpc) is 3.38. The predicted octanol–water partition coefficient (Wildman–Crippen LogP) is 2.39. The molecule has 0 spiro atoms. The van der Waals surface area contributed by atoms with Crippen LogP contribution in [0.5, 0.6) is 5.75 Å². The second kappa shape index (κ2) is 6.04. The van der Waals surface area contributed by atoms with Gasteiger partial charge in [0.2, 0.25) is 0 Å². The Kier molecular flexibility index (Phi) is 4.08. The number of fused-ring (bicyclic) bond motifs is 1. The Hall–Kier alpha value is -2.35. The summed E-state index contributed by atoms with van der Waals surface area (Å²) in [5, 5.41) is 12.0. The molecule has 5 heteroatoms. The van der Waals surface area contributed by atoms with E-state index in [2.05, 4.69) is 11.4 Å². The molecule has 2 aliphatic rings. The summed E-state index contributed by atoms with van der Waals surface area (Å²) in [5.41, 5.74) is 0.945. The van der Waals surface area contributed by atoms with E-state index >= 15 is 0 Å². The van der Waals surface area contributed by atoms with Gasteiger partial charge in [0.15, 0.2) is 12.4 Å². The minimum Gasteiger partial charge on any atom is -0.484 e. The number of nitrogens with one attached hydrogen (secondary N) is 1. The number of nitriles is 1. The van der Waals surface area contributed by atoms with Crippen molar-refractivity contribution in [3.63, 3.8) is 0 Å². The zero-order chi connectivity index (χ0) is 16.4. The fraction of sp³-hybridized carbons (Fsp3) is 0.500. The number of carbonyl (C=O) groups excluding carboxylic acids is 2. The van der Waals surface area contributed by atoms with Gasteiger partial charge in [0.25, 0.3) is 5.91 Å². The van der Waals surface area contributed by atoms with Crippen molar-refractivity contribution in [1.82, 2.24) is 5.32 Å². The van der Waals surface area contributed by atoms with Crippen LogP contribution in [-0.2, 0) is 11.2 Å². The number of benzene rings is 1. The average molecular weight is 312 g/mol. The summed E-state index contributed by atoms with van der Waals surface area (Å²) in [4.78, 5) is 23.8. The van der Waals surface area contributed by atoms with Crippen molar-refractivity contribution in [3.05, 3.63) is 29.3 Å². The van der Waals surface area contributed by atoms with Gasteiger partial charge >= 0.3 is 0 Å². The van der Waals surface area contributed by atoms with E-state index in [0.717, 1.165) is 36.8 Å². The predicted molar refractivity (Wildman–Crippen MR) is 84.1 cm³/mol. The van der Waals surface area contributed by atoms with E-state index in [1.807, 2.05) is 6.07 Å². The third-order valence-electron chi connectivity index (χ3n) is 4.62. The fourth-order valence-corrected chi connectivity index (χ4v) is 3.07. The normalized spacial score (nSPS) is 19.2. The van der Waals surface area contributed by atoms with Crippen LogP contribution in [0.15, 0.2) is 18.2 Å². The standard InChI is InChI=1S/C18H20N2O3/c1-18(11-19,13-5-6-13)20-17(22)10-23-14-7-8-15-12(9-14)3-2-4-16(15)21/h7-9,13H,2-6,10H2,1H3,(H,20,22)/t18-/m1/s1. The van der Waals surface area contributed by atoms with Gasteiger partial charge in [0.05, 0.1) is 6.07 Å². The van der Waals surface area contributed by atoms with Gasteiger partial charge < -0.3 is 10.1 Å². The Labute approximate surface area is 135 Å². The number of carbonyl (C=O) groups is 2. The van der Waals surface area contributed by atoms with Crippen LogP contribution in [0.2, 0.25) is 0 Å². The maximum atomic E-state index is 12.0. The van der Waals surface area contributed by atoms with Crippen LogP contribution in [0.1, 0.15) is 48.5 Å². The van der Waals surface area contributed by atoms with E-state index in [1.165, 1.54) is 0 Å². The minimum atomic E-state index is -0.803. The lowest BCUT2D eigenvalue weighted by molar-refractivity contribution is -0.124. The van der Waals surface area contributed by atoms with E-state index < -0.39 is 5.54 Å². The molecule has 0 unspecified atom stereocenters. The number of Topliss-reactive ketones (excluding diaryl/α,β-unsaturated/α-hetero) is 1. The molecular weight excluding hydrogens is 292 g/mol. The number of amides is 1. The highest BCUT2D eigenvalue weighted by Gasteiger charge is 2.43. The molecule has 2 aliphatic carbocycles. The summed E-state index contributed by atoms with van der Waals surface area (Å²) in [6.07, 6.45) is 4.27.